The van der Waals surface area contributed by atoms with Gasteiger partial charge in [0.05, 0.1) is 0 Å². The van der Waals surface area contributed by atoms with Crippen LogP contribution in [-0.4, -0.2) is 53.1 Å². The monoisotopic (exact) mass is 426 g/mol. The van der Waals surface area contributed by atoms with Gasteiger partial charge in [0.1, 0.15) is 0 Å². The van der Waals surface area contributed by atoms with E-state index in [2.05, 4.69) is 11.4 Å². The van der Waals surface area contributed by atoms with E-state index in [1.165, 1.54) is 31.3 Å². The van der Waals surface area contributed by atoms with Gasteiger partial charge in [-0.1, -0.05) is 11.6 Å². The van der Waals surface area contributed by atoms with Crippen LogP contribution in [0.5, 0.6) is 0 Å². The van der Waals surface area contributed by atoms with Gasteiger partial charge in [-0.25, -0.2) is 5.01 Å². The quantitative estimate of drug-likeness (QED) is 0.575. The number of hydrogen-bond donors (Lipinski definition) is 1. The molecule has 0 bridgehead atoms. The third-order valence-electron chi connectivity index (χ3n) is 6.11. The van der Waals surface area contributed by atoms with Crippen molar-refractivity contribution in [3.63, 3.8) is 0 Å². The highest BCUT2D eigenvalue weighted by Crippen LogP contribution is 2.23. The van der Waals surface area contributed by atoms with Gasteiger partial charge in [-0.15, -0.1) is 0 Å². The first-order valence-corrected chi connectivity index (χ1v) is 11.5. The molecule has 2 fully saturated rings. The van der Waals surface area contributed by atoms with Crippen molar-refractivity contribution in [3.8, 4) is 0 Å². The molecule has 0 radical (unpaired) electrons. The van der Waals surface area contributed by atoms with Crippen molar-refractivity contribution >= 4 is 34.8 Å². The van der Waals surface area contributed by atoms with Gasteiger partial charge in [0, 0.05) is 43.9 Å². The first-order valence-electron chi connectivity index (χ1n) is 11.1. The summed E-state index contributed by atoms with van der Waals surface area (Å²) in [5, 5.41) is 7.59. The van der Waals surface area contributed by atoms with Gasteiger partial charge in [0.15, 0.2) is 5.11 Å². The Morgan fingerprint density at radius 3 is 2.47 bits per heavy atom. The molecule has 2 aliphatic heterocycles. The van der Waals surface area contributed by atoms with E-state index in [0.29, 0.717) is 23.6 Å². The van der Waals surface area contributed by atoms with E-state index in [1.807, 2.05) is 29.3 Å². The number of nitrogens with one attached hydrogen (secondary N) is 1. The summed E-state index contributed by atoms with van der Waals surface area (Å²) in [6.07, 6.45) is 10.7. The van der Waals surface area contributed by atoms with E-state index >= 15 is 0 Å². The number of rotatable bonds is 5. The molecular formula is C23H30N4O2S. The molecule has 1 aromatic carbocycles. The fourth-order valence-corrected chi connectivity index (χ4v) is 4.73. The smallest absolute Gasteiger partial charge is 0.272 e. The summed E-state index contributed by atoms with van der Waals surface area (Å²) in [7, 11) is 0. The zero-order chi connectivity index (χ0) is 20.9. The van der Waals surface area contributed by atoms with Crippen molar-refractivity contribution in [3.05, 3.63) is 41.5 Å². The highest BCUT2D eigenvalue weighted by molar-refractivity contribution is 7.80. The number of amides is 2. The molecule has 2 amide bonds. The van der Waals surface area contributed by atoms with Gasteiger partial charge in [0.25, 0.3) is 5.91 Å². The number of nitrogens with zero attached hydrogens (tertiary/aromatic N) is 3. The van der Waals surface area contributed by atoms with E-state index in [9.17, 15) is 9.59 Å². The maximum Gasteiger partial charge on any atom is 0.272 e. The van der Waals surface area contributed by atoms with E-state index in [0.717, 1.165) is 44.6 Å². The molecule has 4 rings (SSSR count). The van der Waals surface area contributed by atoms with Crippen LogP contribution in [0, 0.1) is 0 Å². The Labute approximate surface area is 183 Å². The lowest BCUT2D eigenvalue weighted by molar-refractivity contribution is -0.117. The Morgan fingerprint density at radius 2 is 1.77 bits per heavy atom. The van der Waals surface area contributed by atoms with Gasteiger partial charge < -0.3 is 10.2 Å². The second-order valence-corrected chi connectivity index (χ2v) is 8.58. The molecule has 0 spiro atoms. The van der Waals surface area contributed by atoms with Crippen LogP contribution in [0.2, 0.25) is 0 Å². The number of hydrogen-bond acceptors (Lipinski definition) is 3. The predicted molar refractivity (Wildman–Crippen MR) is 122 cm³/mol. The molecule has 0 unspecified atom stereocenters. The molecule has 1 aliphatic carbocycles. The van der Waals surface area contributed by atoms with Crippen LogP contribution in [0.1, 0.15) is 61.7 Å². The molecule has 7 heteroatoms. The van der Waals surface area contributed by atoms with Crippen LogP contribution < -0.4 is 10.2 Å². The summed E-state index contributed by atoms with van der Waals surface area (Å²) in [5.41, 5.74) is 3.00. The molecule has 1 aromatic rings. The Morgan fingerprint density at radius 1 is 0.967 bits per heavy atom. The van der Waals surface area contributed by atoms with E-state index in [4.69, 9.17) is 12.2 Å². The van der Waals surface area contributed by atoms with Crippen LogP contribution >= 0.6 is 12.2 Å². The Hall–Kier alpha value is -2.41. The number of carbonyl (C=O) groups excluding carboxylic acids is 2. The SMILES string of the molecule is O=C1CCCN1c1ccc(C(=O)N2CCCN2C(=S)NCCC2=CCCCC2)cc1. The zero-order valence-corrected chi connectivity index (χ0v) is 18.3. The van der Waals surface area contributed by atoms with Crippen molar-refractivity contribution in [1.29, 1.82) is 0 Å². The Balaban J connectivity index is 1.34. The molecule has 2 heterocycles. The first kappa shape index (κ1) is 20.8. The highest BCUT2D eigenvalue weighted by Gasteiger charge is 2.30. The van der Waals surface area contributed by atoms with Crippen LogP contribution in [0.25, 0.3) is 0 Å². The fraction of sp³-hybridized carbons (Fsp3) is 0.522. The van der Waals surface area contributed by atoms with Crippen molar-refractivity contribution in [2.45, 2.75) is 51.4 Å². The average molecular weight is 427 g/mol. The van der Waals surface area contributed by atoms with E-state index in [-0.39, 0.29) is 11.8 Å². The third-order valence-corrected chi connectivity index (χ3v) is 6.46. The minimum atomic E-state index is -0.0501. The van der Waals surface area contributed by atoms with Crippen LogP contribution in [0.3, 0.4) is 0 Å². The predicted octanol–water partition coefficient (Wildman–Crippen LogP) is 3.64. The fourth-order valence-electron chi connectivity index (χ4n) is 4.44. The zero-order valence-electron chi connectivity index (χ0n) is 17.4. The lowest BCUT2D eigenvalue weighted by Gasteiger charge is -2.30. The Bertz CT molecular complexity index is 836. The normalized spacial score (nSPS) is 19.3. The summed E-state index contributed by atoms with van der Waals surface area (Å²) in [5.74, 6) is 0.103. The molecule has 160 valence electrons. The van der Waals surface area contributed by atoms with Gasteiger partial charge >= 0.3 is 0 Å². The molecular weight excluding hydrogens is 396 g/mol. The van der Waals surface area contributed by atoms with Crippen LogP contribution in [0.15, 0.2) is 35.9 Å². The molecule has 0 saturated carbocycles. The van der Waals surface area contributed by atoms with Crippen molar-refractivity contribution < 1.29 is 9.59 Å². The van der Waals surface area contributed by atoms with Gasteiger partial charge in [-0.3, -0.25) is 14.6 Å². The van der Waals surface area contributed by atoms with Crippen molar-refractivity contribution in [2.75, 3.05) is 31.1 Å². The maximum atomic E-state index is 13.1. The number of thiocarbonyl (C=S) groups is 1. The highest BCUT2D eigenvalue weighted by atomic mass is 32.1. The minimum absolute atomic E-state index is 0.0501. The second-order valence-electron chi connectivity index (χ2n) is 8.19. The summed E-state index contributed by atoms with van der Waals surface area (Å²) in [6, 6.07) is 7.36. The summed E-state index contributed by atoms with van der Waals surface area (Å²) in [6.45, 7) is 2.98. The standard InChI is InChI=1S/C23H30N4O2S/c28-21-8-4-15-25(21)20-11-9-19(10-12-20)22(29)26-16-5-17-27(26)23(30)24-14-13-18-6-2-1-3-7-18/h6,9-12H,1-5,7-8,13-17H2,(H,24,30). The molecule has 1 N–H and O–H groups in total. The lowest BCUT2D eigenvalue weighted by atomic mass is 9.97. The number of allylic oxidation sites excluding steroid dienone is 1. The molecule has 30 heavy (non-hydrogen) atoms. The van der Waals surface area contributed by atoms with E-state index in [1.54, 1.807) is 9.91 Å². The molecule has 2 saturated heterocycles. The van der Waals surface area contributed by atoms with E-state index < -0.39 is 0 Å². The number of benzene rings is 1. The van der Waals surface area contributed by atoms with Gasteiger partial charge in [-0.05, 0) is 81.4 Å². The lowest BCUT2D eigenvalue weighted by Crippen LogP contribution is -2.49. The molecule has 0 aromatic heterocycles. The van der Waals surface area contributed by atoms with Gasteiger partial charge in [-0.2, -0.15) is 0 Å². The number of hydrazine groups is 1. The molecule has 0 atom stereocenters. The van der Waals surface area contributed by atoms with Crippen molar-refractivity contribution in [2.24, 2.45) is 0 Å². The third kappa shape index (κ3) is 4.67. The average Bonchev–Trinajstić information content (AvgIpc) is 3.43. The Kier molecular flexibility index (Phi) is 6.67. The largest absolute Gasteiger partial charge is 0.361 e. The minimum Gasteiger partial charge on any atom is -0.361 e. The van der Waals surface area contributed by atoms with Gasteiger partial charge in [0.2, 0.25) is 5.91 Å². The second kappa shape index (κ2) is 9.60. The van der Waals surface area contributed by atoms with Crippen LogP contribution in [0.4, 0.5) is 5.69 Å². The number of anilines is 1. The molecule has 6 nitrogen and oxygen atoms in total. The summed E-state index contributed by atoms with van der Waals surface area (Å²) in [4.78, 5) is 26.8. The first-order chi connectivity index (χ1) is 14.6. The van der Waals surface area contributed by atoms with Crippen LogP contribution in [-0.2, 0) is 4.79 Å². The summed E-state index contributed by atoms with van der Waals surface area (Å²) < 4.78 is 0. The maximum absolute atomic E-state index is 13.1. The summed E-state index contributed by atoms with van der Waals surface area (Å²) >= 11 is 5.59. The topological polar surface area (TPSA) is 55.9 Å². The van der Waals surface area contributed by atoms with Crippen molar-refractivity contribution in [1.82, 2.24) is 15.3 Å². The number of carbonyl (C=O) groups is 2. The molecule has 3 aliphatic rings.